The molecule has 4 aliphatic heterocycles. The quantitative estimate of drug-likeness (QED) is 0.101. The first-order valence-electron chi connectivity index (χ1n) is 19.7. The van der Waals surface area contributed by atoms with Crippen LogP contribution >= 0.6 is 0 Å². The van der Waals surface area contributed by atoms with Crippen molar-refractivity contribution < 1.29 is 47.2 Å². The maximum absolute atomic E-state index is 14.3. The molecule has 15 heteroatoms. The van der Waals surface area contributed by atoms with E-state index in [1.54, 1.807) is 18.2 Å². The van der Waals surface area contributed by atoms with Crippen LogP contribution in [0.15, 0.2) is 51.7 Å². The van der Waals surface area contributed by atoms with Gasteiger partial charge in [-0.05, 0) is 106 Å². The van der Waals surface area contributed by atoms with Gasteiger partial charge in [0.2, 0.25) is 0 Å². The summed E-state index contributed by atoms with van der Waals surface area (Å²) in [6.45, 7) is 2.60. The summed E-state index contributed by atoms with van der Waals surface area (Å²) < 4.78 is 43.0. The van der Waals surface area contributed by atoms with Crippen LogP contribution in [0.2, 0.25) is 0 Å². The molecule has 2 aromatic heterocycles. The number of fused-ring (bicyclic) bond motifs is 7. The zero-order chi connectivity index (χ0) is 40.1. The van der Waals surface area contributed by atoms with E-state index in [4.69, 9.17) is 32.8 Å². The Kier molecular flexibility index (Phi) is 10.0. The van der Waals surface area contributed by atoms with Gasteiger partial charge < -0.3 is 53.4 Å². The molecule has 9 rings (SSSR count). The Morgan fingerprint density at radius 2 is 1.22 bits per heavy atom. The average Bonchev–Trinajstić information content (AvgIpc) is 4.08. The van der Waals surface area contributed by atoms with Crippen LogP contribution in [0.4, 0.5) is 0 Å². The number of carbonyl (C=O) groups excluding carboxylic acids is 3. The molecule has 3 N–H and O–H groups in total. The molecular formula is C43H44N4O11. The molecule has 0 spiro atoms. The summed E-state index contributed by atoms with van der Waals surface area (Å²) >= 11 is 0. The fourth-order valence-corrected chi connectivity index (χ4v) is 8.69. The van der Waals surface area contributed by atoms with Gasteiger partial charge in [-0.15, -0.1) is 0 Å². The summed E-state index contributed by atoms with van der Waals surface area (Å²) in [4.78, 5) is 53.5. The van der Waals surface area contributed by atoms with Crippen molar-refractivity contribution in [3.8, 4) is 56.9 Å². The number of nitrogens with zero attached hydrogens (tertiary/aromatic N) is 1. The summed E-state index contributed by atoms with van der Waals surface area (Å²) in [7, 11) is 4.50. The van der Waals surface area contributed by atoms with Gasteiger partial charge in [-0.3, -0.25) is 0 Å². The van der Waals surface area contributed by atoms with Crippen molar-refractivity contribution in [1.29, 1.82) is 0 Å². The van der Waals surface area contributed by atoms with E-state index in [1.807, 2.05) is 22.8 Å². The van der Waals surface area contributed by atoms with Crippen LogP contribution in [0.3, 0.4) is 0 Å². The summed E-state index contributed by atoms with van der Waals surface area (Å²) in [6.07, 6.45) is 5.15. The third kappa shape index (κ3) is 6.62. The molecule has 0 radical (unpaired) electrons. The monoisotopic (exact) mass is 792 g/mol. The fraction of sp³-hybridized carbons (Fsp3) is 0.395. The minimum atomic E-state index is -0.596. The lowest BCUT2D eigenvalue weighted by atomic mass is 9.91. The van der Waals surface area contributed by atoms with E-state index in [0.717, 1.165) is 50.0 Å². The highest BCUT2D eigenvalue weighted by Gasteiger charge is 2.33. The number of hydrogen-bond acceptors (Lipinski definition) is 14. The first-order chi connectivity index (χ1) is 28.3. The number of aryl methyl sites for hydroxylation is 2. The van der Waals surface area contributed by atoms with Gasteiger partial charge in [-0.25, -0.2) is 19.2 Å². The topological polar surface area (TPSA) is 178 Å². The number of ether oxygens (including phenoxy) is 6. The third-order valence-corrected chi connectivity index (χ3v) is 11.6. The number of carbonyl (C=O) groups is 3. The molecule has 0 amide bonds. The minimum Gasteiger partial charge on any atom is -0.493 e. The Labute approximate surface area is 332 Å². The van der Waals surface area contributed by atoms with Crippen molar-refractivity contribution >= 4 is 39.8 Å². The molecule has 15 nitrogen and oxygen atoms in total. The van der Waals surface area contributed by atoms with Gasteiger partial charge in [0.05, 0.1) is 27.0 Å². The Bertz CT molecular complexity index is 2520. The first-order valence-corrected chi connectivity index (χ1v) is 19.7. The molecule has 3 fully saturated rings. The van der Waals surface area contributed by atoms with Gasteiger partial charge in [-0.1, -0.05) is 6.07 Å². The lowest BCUT2D eigenvalue weighted by Gasteiger charge is -2.23. The zero-order valence-electron chi connectivity index (χ0n) is 32.5. The molecule has 3 saturated heterocycles. The Morgan fingerprint density at radius 1 is 0.672 bits per heavy atom. The predicted molar refractivity (Wildman–Crippen MR) is 212 cm³/mol. The lowest BCUT2D eigenvalue weighted by molar-refractivity contribution is -0.137. The van der Waals surface area contributed by atoms with Gasteiger partial charge >= 0.3 is 23.5 Å². The van der Waals surface area contributed by atoms with E-state index in [0.29, 0.717) is 82.6 Å². The summed E-state index contributed by atoms with van der Waals surface area (Å²) in [5.41, 5.74) is 3.53. The highest BCUT2D eigenvalue weighted by Crippen LogP contribution is 2.50. The molecule has 6 heterocycles. The predicted octanol–water partition coefficient (Wildman–Crippen LogP) is 4.64. The molecule has 0 aliphatic carbocycles. The first kappa shape index (κ1) is 37.7. The largest absolute Gasteiger partial charge is 0.493 e. The number of benzene rings is 3. The van der Waals surface area contributed by atoms with Gasteiger partial charge in [0.15, 0.2) is 34.5 Å². The van der Waals surface area contributed by atoms with E-state index >= 15 is 0 Å². The smallest absolute Gasteiger partial charge is 0.361 e. The number of esters is 3. The van der Waals surface area contributed by atoms with E-state index in [2.05, 4.69) is 16.0 Å². The van der Waals surface area contributed by atoms with Gasteiger partial charge in [0, 0.05) is 34.5 Å². The molecule has 0 unspecified atom stereocenters. The Hall–Kier alpha value is -5.90. The van der Waals surface area contributed by atoms with Gasteiger partial charge in [-0.2, -0.15) is 0 Å². The molecular weight excluding hydrogens is 748 g/mol. The van der Waals surface area contributed by atoms with E-state index < -0.39 is 35.7 Å². The number of methoxy groups -OCH3 is 3. The lowest BCUT2D eigenvalue weighted by Crippen LogP contribution is -2.34. The number of aromatic nitrogens is 1. The fourth-order valence-electron chi connectivity index (χ4n) is 8.69. The Morgan fingerprint density at radius 3 is 1.79 bits per heavy atom. The van der Waals surface area contributed by atoms with Crippen molar-refractivity contribution in [2.24, 2.45) is 0 Å². The SMILES string of the molecule is COc1cc(-c2c3n(c4c(=O)oc5cc(OC(=O)[C@@H]6CCCN6)c(OC)cc5c24)CCc2cc(OC(=O)[C@@H]4CCCN4)c(OC)cc2-3)ccc1OC(=O)[C@@H]1CCCN1. The molecule has 0 saturated carbocycles. The van der Waals surface area contributed by atoms with Gasteiger partial charge in [0.1, 0.15) is 29.2 Å². The zero-order valence-corrected chi connectivity index (χ0v) is 32.5. The Balaban J connectivity index is 1.24. The van der Waals surface area contributed by atoms with Crippen LogP contribution in [0, 0.1) is 0 Å². The molecule has 302 valence electrons. The summed E-state index contributed by atoms with van der Waals surface area (Å²) in [5.74, 6) is 0.385. The molecule has 5 aromatic rings. The molecule has 3 aromatic carbocycles. The normalized spacial score (nSPS) is 19.8. The van der Waals surface area contributed by atoms with E-state index in [9.17, 15) is 19.2 Å². The number of nitrogens with one attached hydrogen (secondary N) is 3. The second-order valence-electron chi connectivity index (χ2n) is 15.0. The van der Waals surface area contributed by atoms with Crippen molar-refractivity contribution in [3.63, 3.8) is 0 Å². The van der Waals surface area contributed by atoms with Crippen LogP contribution < -0.4 is 50.0 Å². The molecule has 0 bridgehead atoms. The van der Waals surface area contributed by atoms with Crippen molar-refractivity contribution in [2.45, 2.75) is 69.6 Å². The highest BCUT2D eigenvalue weighted by molar-refractivity contribution is 6.17. The third-order valence-electron chi connectivity index (χ3n) is 11.6. The maximum Gasteiger partial charge on any atom is 0.361 e. The van der Waals surface area contributed by atoms with Gasteiger partial charge in [0.25, 0.3) is 0 Å². The molecule has 58 heavy (non-hydrogen) atoms. The van der Waals surface area contributed by atoms with Crippen LogP contribution in [0.1, 0.15) is 44.1 Å². The summed E-state index contributed by atoms with van der Waals surface area (Å²) in [5, 5.41) is 10.6. The van der Waals surface area contributed by atoms with Crippen LogP contribution in [0.25, 0.3) is 44.3 Å². The maximum atomic E-state index is 14.3. The second-order valence-corrected chi connectivity index (χ2v) is 15.0. The number of rotatable bonds is 10. The standard InChI is InChI=1S/C43H44N4O11/c1-52-31-18-23(10-11-29(31)55-40(48)26-7-4-13-44-26)36-37-25-20-33(54-3)35(58-42(50)28-9-6-15-46-28)21-30(25)56-43(51)39(37)47-16-12-22-17-34(32(53-2)19-24(22)38(36)47)57-41(49)27-8-5-14-45-27/h10-11,17-21,26-28,44-46H,4-9,12-16H2,1-3H3/t26-,27-,28-/m0/s1. The van der Waals surface area contributed by atoms with E-state index in [-0.39, 0.29) is 28.8 Å². The molecule has 4 aliphatic rings. The molecule has 3 atom stereocenters. The van der Waals surface area contributed by atoms with Crippen molar-refractivity contribution in [3.05, 3.63) is 58.4 Å². The second kappa shape index (κ2) is 15.5. The van der Waals surface area contributed by atoms with Crippen LogP contribution in [-0.2, 0) is 27.3 Å². The van der Waals surface area contributed by atoms with E-state index in [1.165, 1.54) is 27.4 Å². The number of hydrogen-bond donors (Lipinski definition) is 3. The van der Waals surface area contributed by atoms with Crippen LogP contribution in [-0.4, -0.2) is 81.6 Å². The average molecular weight is 793 g/mol. The highest BCUT2D eigenvalue weighted by atomic mass is 16.6. The van der Waals surface area contributed by atoms with Crippen molar-refractivity contribution in [1.82, 2.24) is 20.5 Å². The van der Waals surface area contributed by atoms with Crippen molar-refractivity contribution in [2.75, 3.05) is 41.0 Å². The minimum absolute atomic E-state index is 0.122. The summed E-state index contributed by atoms with van der Waals surface area (Å²) in [6, 6.07) is 10.9. The van der Waals surface area contributed by atoms with Crippen LogP contribution in [0.5, 0.6) is 34.5 Å².